The Labute approximate surface area is 138 Å². The third-order valence-electron chi connectivity index (χ3n) is 3.13. The predicted octanol–water partition coefficient (Wildman–Crippen LogP) is 2.47. The summed E-state index contributed by atoms with van der Waals surface area (Å²) in [6.45, 7) is 0.0540. The van der Waals surface area contributed by atoms with Gasteiger partial charge in [0.1, 0.15) is 0 Å². The van der Waals surface area contributed by atoms with Gasteiger partial charge >= 0.3 is 0 Å². The summed E-state index contributed by atoms with van der Waals surface area (Å²) >= 11 is 5.79. The largest absolute Gasteiger partial charge is 0.285 e. The highest BCUT2D eigenvalue weighted by molar-refractivity contribution is 7.92. The monoisotopic (exact) mass is 348 g/mol. The Morgan fingerprint density at radius 3 is 2.70 bits per heavy atom. The van der Waals surface area contributed by atoms with Crippen molar-refractivity contribution < 1.29 is 8.42 Å². The number of nitrogens with one attached hydrogen (secondary N) is 1. The first-order valence-corrected chi connectivity index (χ1v) is 8.68. The van der Waals surface area contributed by atoms with Gasteiger partial charge in [0, 0.05) is 16.6 Å². The molecule has 2 heterocycles. The predicted molar refractivity (Wildman–Crippen MR) is 89.2 cm³/mol. The van der Waals surface area contributed by atoms with Gasteiger partial charge in [0.2, 0.25) is 10.0 Å². The summed E-state index contributed by atoms with van der Waals surface area (Å²) in [5.74, 6) is 0.518. The Morgan fingerprint density at radius 1 is 1.13 bits per heavy atom. The number of aromatic nitrogens is 3. The standard InChI is InChI=1S/C15H13ClN4O2S/c16-13-6-4-12(5-7-13)8-10-23(21,22)17-11-15-19-18-14-3-1-2-9-20(14)15/h1-10,17H,11H2. The lowest BCUT2D eigenvalue weighted by Crippen LogP contribution is -2.21. The number of rotatable bonds is 5. The van der Waals surface area contributed by atoms with Crippen LogP contribution in [0.4, 0.5) is 0 Å². The van der Waals surface area contributed by atoms with E-state index < -0.39 is 10.0 Å². The summed E-state index contributed by atoms with van der Waals surface area (Å²) in [6.07, 6.45) is 3.28. The van der Waals surface area contributed by atoms with E-state index in [1.54, 1.807) is 40.9 Å². The number of hydrogen-bond acceptors (Lipinski definition) is 4. The second-order valence-corrected chi connectivity index (χ2v) is 6.85. The van der Waals surface area contributed by atoms with Gasteiger partial charge in [-0.2, -0.15) is 0 Å². The van der Waals surface area contributed by atoms with Crippen molar-refractivity contribution in [1.82, 2.24) is 19.3 Å². The summed E-state index contributed by atoms with van der Waals surface area (Å²) in [6, 6.07) is 12.3. The summed E-state index contributed by atoms with van der Waals surface area (Å²) in [4.78, 5) is 0. The van der Waals surface area contributed by atoms with Crippen LogP contribution in [0.25, 0.3) is 11.7 Å². The van der Waals surface area contributed by atoms with Crippen LogP contribution in [0.1, 0.15) is 11.4 Å². The third kappa shape index (κ3) is 3.95. The van der Waals surface area contributed by atoms with Crippen molar-refractivity contribution in [3.05, 3.63) is 70.5 Å². The molecule has 23 heavy (non-hydrogen) atoms. The molecule has 0 unspecified atom stereocenters. The third-order valence-corrected chi connectivity index (χ3v) is 4.42. The second kappa shape index (κ2) is 6.49. The molecule has 0 aliphatic rings. The molecule has 2 aromatic heterocycles. The number of hydrogen-bond donors (Lipinski definition) is 1. The van der Waals surface area contributed by atoms with Crippen LogP contribution in [0.2, 0.25) is 5.02 Å². The summed E-state index contributed by atoms with van der Waals surface area (Å²) in [5.41, 5.74) is 1.41. The lowest BCUT2D eigenvalue weighted by atomic mass is 10.2. The first kappa shape index (κ1) is 15.7. The molecule has 0 fully saturated rings. The molecular weight excluding hydrogens is 336 g/mol. The lowest BCUT2D eigenvalue weighted by Gasteiger charge is -2.02. The lowest BCUT2D eigenvalue weighted by molar-refractivity contribution is 0.588. The molecule has 0 amide bonds. The number of fused-ring (bicyclic) bond motifs is 1. The SMILES string of the molecule is O=S(=O)(C=Cc1ccc(Cl)cc1)NCc1nnc2ccccn12. The fourth-order valence-corrected chi connectivity index (χ4v) is 2.86. The molecule has 6 nitrogen and oxygen atoms in total. The summed E-state index contributed by atoms with van der Waals surface area (Å²) in [5, 5.41) is 9.65. The van der Waals surface area contributed by atoms with Crippen LogP contribution in [-0.4, -0.2) is 23.0 Å². The molecule has 0 atom stereocenters. The highest BCUT2D eigenvalue weighted by Crippen LogP contribution is 2.11. The molecule has 0 saturated carbocycles. The van der Waals surface area contributed by atoms with Gasteiger partial charge in [-0.05, 0) is 35.9 Å². The fourth-order valence-electron chi connectivity index (χ4n) is 1.97. The van der Waals surface area contributed by atoms with Crippen LogP contribution >= 0.6 is 11.6 Å². The molecule has 3 rings (SSSR count). The van der Waals surface area contributed by atoms with Crippen LogP contribution in [-0.2, 0) is 16.6 Å². The highest BCUT2D eigenvalue weighted by Gasteiger charge is 2.09. The van der Waals surface area contributed by atoms with Gasteiger partial charge in [-0.1, -0.05) is 29.8 Å². The molecule has 0 spiro atoms. The fraction of sp³-hybridized carbons (Fsp3) is 0.0667. The average molecular weight is 349 g/mol. The minimum Gasteiger partial charge on any atom is -0.285 e. The maximum atomic E-state index is 12.0. The van der Waals surface area contributed by atoms with Gasteiger partial charge in [0.05, 0.1) is 6.54 Å². The Hall–Kier alpha value is -2.22. The molecule has 1 N–H and O–H groups in total. The normalized spacial score (nSPS) is 12.2. The quantitative estimate of drug-likeness (QED) is 0.768. The molecule has 0 aliphatic carbocycles. The molecule has 0 aliphatic heterocycles. The van der Waals surface area contributed by atoms with Gasteiger partial charge in [0.25, 0.3) is 0 Å². The number of pyridine rings is 1. The van der Waals surface area contributed by atoms with E-state index in [1.165, 1.54) is 6.08 Å². The first-order valence-electron chi connectivity index (χ1n) is 6.75. The van der Waals surface area contributed by atoms with Crippen molar-refractivity contribution in [3.63, 3.8) is 0 Å². The van der Waals surface area contributed by atoms with Crippen LogP contribution in [0.15, 0.2) is 54.1 Å². The van der Waals surface area contributed by atoms with Crippen molar-refractivity contribution >= 4 is 33.3 Å². The van der Waals surface area contributed by atoms with Gasteiger partial charge in [-0.25, -0.2) is 13.1 Å². The highest BCUT2D eigenvalue weighted by atomic mass is 35.5. The molecule has 0 saturated heterocycles. The molecule has 0 bridgehead atoms. The Morgan fingerprint density at radius 2 is 1.91 bits per heavy atom. The van der Waals surface area contributed by atoms with Crippen LogP contribution < -0.4 is 4.72 Å². The minimum absolute atomic E-state index is 0.0540. The van der Waals surface area contributed by atoms with Gasteiger partial charge in [-0.15, -0.1) is 10.2 Å². The minimum atomic E-state index is -3.58. The maximum Gasteiger partial charge on any atom is 0.234 e. The van der Waals surface area contributed by atoms with E-state index in [2.05, 4.69) is 14.9 Å². The van der Waals surface area contributed by atoms with Crippen molar-refractivity contribution in [2.24, 2.45) is 0 Å². The van der Waals surface area contributed by atoms with Crippen LogP contribution in [0.5, 0.6) is 0 Å². The van der Waals surface area contributed by atoms with E-state index in [9.17, 15) is 8.42 Å². The Kier molecular flexibility index (Phi) is 4.42. The number of halogens is 1. The molecule has 1 aromatic carbocycles. The first-order chi connectivity index (χ1) is 11.0. The molecule has 118 valence electrons. The Balaban J connectivity index is 1.70. The van der Waals surface area contributed by atoms with Gasteiger partial charge in [0.15, 0.2) is 11.5 Å². The van der Waals surface area contributed by atoms with Crippen LogP contribution in [0.3, 0.4) is 0 Å². The van der Waals surface area contributed by atoms with E-state index in [0.717, 1.165) is 11.0 Å². The average Bonchev–Trinajstić information content (AvgIpc) is 2.96. The van der Waals surface area contributed by atoms with E-state index in [-0.39, 0.29) is 6.54 Å². The van der Waals surface area contributed by atoms with Crippen LogP contribution in [0, 0.1) is 0 Å². The van der Waals surface area contributed by atoms with Gasteiger partial charge in [-0.3, -0.25) is 4.40 Å². The van der Waals surface area contributed by atoms with Crippen molar-refractivity contribution in [1.29, 1.82) is 0 Å². The Bertz CT molecular complexity index is 949. The topological polar surface area (TPSA) is 76.4 Å². The van der Waals surface area contributed by atoms with Crippen molar-refractivity contribution in [3.8, 4) is 0 Å². The van der Waals surface area contributed by atoms with Crippen molar-refractivity contribution in [2.45, 2.75) is 6.54 Å². The van der Waals surface area contributed by atoms with Crippen molar-refractivity contribution in [2.75, 3.05) is 0 Å². The number of nitrogens with zero attached hydrogens (tertiary/aromatic N) is 3. The maximum absolute atomic E-state index is 12.0. The van der Waals surface area contributed by atoms with E-state index in [0.29, 0.717) is 16.5 Å². The number of benzene rings is 1. The second-order valence-electron chi connectivity index (χ2n) is 4.77. The van der Waals surface area contributed by atoms with E-state index >= 15 is 0 Å². The molecular formula is C15H13ClN4O2S. The zero-order valence-corrected chi connectivity index (χ0v) is 13.5. The molecule has 8 heteroatoms. The smallest absolute Gasteiger partial charge is 0.234 e. The van der Waals surface area contributed by atoms with E-state index in [4.69, 9.17) is 11.6 Å². The summed E-state index contributed by atoms with van der Waals surface area (Å²) in [7, 11) is -3.58. The zero-order valence-electron chi connectivity index (χ0n) is 11.9. The van der Waals surface area contributed by atoms with Gasteiger partial charge < -0.3 is 0 Å². The molecule has 3 aromatic rings. The zero-order chi connectivity index (χ0) is 16.3. The number of sulfonamides is 1. The van der Waals surface area contributed by atoms with E-state index in [1.807, 2.05) is 12.1 Å². The molecule has 0 radical (unpaired) electrons. The summed E-state index contributed by atoms with van der Waals surface area (Å²) < 4.78 is 28.2.